The Balaban J connectivity index is 1.11. The highest BCUT2D eigenvalue weighted by Crippen LogP contribution is 2.40. The first-order chi connectivity index (χ1) is 19.0. The summed E-state index contributed by atoms with van der Waals surface area (Å²) in [6.45, 7) is 4.40. The Hall–Kier alpha value is -2.07. The van der Waals surface area contributed by atoms with E-state index in [1.807, 2.05) is 0 Å². The third-order valence-corrected chi connectivity index (χ3v) is 9.17. The second-order valence-electron chi connectivity index (χ2n) is 10.9. The fourth-order valence-corrected chi connectivity index (χ4v) is 6.59. The number of hydrogen-bond donors (Lipinski definition) is 2. The third kappa shape index (κ3) is 7.17. The van der Waals surface area contributed by atoms with Crippen molar-refractivity contribution in [1.82, 2.24) is 10.3 Å². The van der Waals surface area contributed by atoms with Gasteiger partial charge in [0, 0.05) is 25.4 Å². The highest BCUT2D eigenvalue weighted by atomic mass is 79.9. The number of anilines is 1. The van der Waals surface area contributed by atoms with E-state index in [4.69, 9.17) is 19.2 Å². The molecule has 212 valence electrons. The van der Waals surface area contributed by atoms with Gasteiger partial charge in [0.2, 0.25) is 0 Å². The topological polar surface area (TPSA) is 81.7 Å². The van der Waals surface area contributed by atoms with E-state index in [9.17, 15) is 9.18 Å². The van der Waals surface area contributed by atoms with Crippen LogP contribution < -0.4 is 10.6 Å². The molecule has 0 amide bonds. The zero-order valence-corrected chi connectivity index (χ0v) is 24.2. The molecule has 1 aromatic heterocycles. The number of ether oxygens (including phenoxy) is 3. The number of aryl methyl sites for hydroxylation is 1. The Labute approximate surface area is 238 Å². The predicted molar refractivity (Wildman–Crippen MR) is 152 cm³/mol. The molecule has 3 aliphatic heterocycles. The molecule has 7 nitrogen and oxygen atoms in total. The van der Waals surface area contributed by atoms with E-state index in [1.165, 1.54) is 24.8 Å². The summed E-state index contributed by atoms with van der Waals surface area (Å²) in [4.78, 5) is 16.3. The van der Waals surface area contributed by atoms with Crippen LogP contribution in [0.3, 0.4) is 0 Å². The second-order valence-corrected chi connectivity index (χ2v) is 11.8. The number of rotatable bonds is 10. The van der Waals surface area contributed by atoms with Gasteiger partial charge in [-0.15, -0.1) is 0 Å². The smallest absolute Gasteiger partial charge is 0.324 e. The van der Waals surface area contributed by atoms with E-state index in [1.54, 1.807) is 6.07 Å². The minimum Gasteiger partial charge on any atom is -0.468 e. The van der Waals surface area contributed by atoms with Gasteiger partial charge >= 0.3 is 5.97 Å². The second kappa shape index (κ2) is 13.5. The molecule has 1 aromatic carbocycles. The monoisotopic (exact) mass is 603 g/mol. The fraction of sp³-hybridized carbons (Fsp3) is 0.600. The molecule has 0 bridgehead atoms. The minimum absolute atomic E-state index is 0.171. The average molecular weight is 605 g/mol. The maximum absolute atomic E-state index is 14.0. The Morgan fingerprint density at radius 2 is 2.08 bits per heavy atom. The summed E-state index contributed by atoms with van der Waals surface area (Å²) in [5, 5.41) is 6.92. The minimum atomic E-state index is -0.728. The molecule has 4 unspecified atom stereocenters. The maximum atomic E-state index is 14.0. The lowest BCUT2D eigenvalue weighted by Crippen LogP contribution is -2.35. The van der Waals surface area contributed by atoms with Crippen LogP contribution in [0, 0.1) is 17.7 Å². The Morgan fingerprint density at radius 3 is 2.85 bits per heavy atom. The van der Waals surface area contributed by atoms with Crippen molar-refractivity contribution < 1.29 is 23.4 Å². The van der Waals surface area contributed by atoms with Crippen LogP contribution in [0.1, 0.15) is 65.4 Å². The molecule has 5 atom stereocenters. The van der Waals surface area contributed by atoms with E-state index in [0.717, 1.165) is 88.3 Å². The molecule has 3 aliphatic rings. The number of halogens is 2. The molecule has 2 fully saturated rings. The van der Waals surface area contributed by atoms with E-state index in [0.29, 0.717) is 30.1 Å². The van der Waals surface area contributed by atoms with E-state index in [2.05, 4.69) is 38.7 Å². The van der Waals surface area contributed by atoms with Crippen molar-refractivity contribution in [3.63, 3.8) is 0 Å². The van der Waals surface area contributed by atoms with Crippen molar-refractivity contribution in [3.8, 4) is 0 Å². The van der Waals surface area contributed by atoms with E-state index in [-0.39, 0.29) is 11.9 Å². The van der Waals surface area contributed by atoms with Crippen LogP contribution in [0.25, 0.3) is 0 Å². The molecular weight excluding hydrogens is 565 g/mol. The Bertz CT molecular complexity index is 1120. The van der Waals surface area contributed by atoms with Gasteiger partial charge in [-0.3, -0.25) is 4.79 Å². The van der Waals surface area contributed by atoms with Crippen molar-refractivity contribution in [2.45, 2.75) is 62.0 Å². The molecule has 0 radical (unpaired) electrons. The molecule has 0 aliphatic carbocycles. The van der Waals surface area contributed by atoms with Gasteiger partial charge in [-0.2, -0.15) is 0 Å². The first-order valence-electron chi connectivity index (χ1n) is 14.2. The molecule has 2 aromatic rings. The van der Waals surface area contributed by atoms with Gasteiger partial charge < -0.3 is 24.8 Å². The molecular formula is C30H39BrFN3O4. The standard InChI is InChI=1S/C30H39BrFN3O4/c1-37-30(36)28(31)26-15-22(32)7-9-25(26)27-10-6-20(18-39-27)21-14-19-5-8-23(35-29(19)34-16-21)4-2-3-13-38-24-11-12-33-17-24/h5,7-9,15,20-21,24,27-28,33H,2-4,6,10-14,16-18H2,1H3,(H,34,35)/t20?,21?,24-,27?,28?/m1/s1. The number of esters is 1. The maximum Gasteiger partial charge on any atom is 0.324 e. The number of pyridine rings is 1. The van der Waals surface area contributed by atoms with Crippen LogP contribution in [-0.4, -0.2) is 57.0 Å². The van der Waals surface area contributed by atoms with Crippen molar-refractivity contribution in [3.05, 3.63) is 58.5 Å². The van der Waals surface area contributed by atoms with Crippen molar-refractivity contribution >= 4 is 27.7 Å². The number of nitrogens with zero attached hydrogens (tertiary/aromatic N) is 1. The lowest BCUT2D eigenvalue weighted by molar-refractivity contribution is -0.139. The van der Waals surface area contributed by atoms with Crippen molar-refractivity contribution in [2.24, 2.45) is 11.8 Å². The molecule has 5 rings (SSSR count). The van der Waals surface area contributed by atoms with Gasteiger partial charge in [0.1, 0.15) is 16.5 Å². The molecule has 0 spiro atoms. The van der Waals surface area contributed by atoms with Crippen LogP contribution in [0.15, 0.2) is 30.3 Å². The largest absolute Gasteiger partial charge is 0.468 e. The van der Waals surface area contributed by atoms with Crippen LogP contribution in [-0.2, 0) is 31.8 Å². The highest BCUT2D eigenvalue weighted by Gasteiger charge is 2.33. The Kier molecular flexibility index (Phi) is 9.87. The molecule has 2 N–H and O–H groups in total. The molecule has 39 heavy (non-hydrogen) atoms. The summed E-state index contributed by atoms with van der Waals surface area (Å²) in [5.41, 5.74) is 3.82. The highest BCUT2D eigenvalue weighted by molar-refractivity contribution is 9.09. The van der Waals surface area contributed by atoms with Crippen LogP contribution in [0.4, 0.5) is 10.2 Å². The number of benzene rings is 1. The summed E-state index contributed by atoms with van der Waals surface area (Å²) >= 11 is 3.37. The van der Waals surface area contributed by atoms with Crippen molar-refractivity contribution in [1.29, 1.82) is 0 Å². The number of aromatic nitrogens is 1. The fourth-order valence-electron chi connectivity index (χ4n) is 6.01. The van der Waals surface area contributed by atoms with Crippen LogP contribution >= 0.6 is 15.9 Å². The number of fused-ring (bicyclic) bond motifs is 1. The molecule has 9 heteroatoms. The van der Waals surface area contributed by atoms with Gasteiger partial charge in [-0.1, -0.05) is 28.1 Å². The summed E-state index contributed by atoms with van der Waals surface area (Å²) in [6.07, 6.45) is 7.28. The lowest BCUT2D eigenvalue weighted by atomic mass is 9.80. The summed E-state index contributed by atoms with van der Waals surface area (Å²) in [7, 11) is 1.33. The first-order valence-corrected chi connectivity index (χ1v) is 15.1. The normalized spacial score (nSPS) is 25.5. The van der Waals surface area contributed by atoms with Crippen LogP contribution in [0.5, 0.6) is 0 Å². The summed E-state index contributed by atoms with van der Waals surface area (Å²) < 4.78 is 31.1. The number of alkyl halides is 1. The van der Waals surface area contributed by atoms with Gasteiger partial charge in [-0.05, 0) is 98.2 Å². The number of nitrogens with one attached hydrogen (secondary N) is 2. The number of hydrogen-bond acceptors (Lipinski definition) is 7. The van der Waals surface area contributed by atoms with E-state index < -0.39 is 10.8 Å². The quantitative estimate of drug-likeness (QED) is 0.217. The molecule has 0 saturated carbocycles. The van der Waals surface area contributed by atoms with Gasteiger partial charge in [0.05, 0.1) is 25.9 Å². The first kappa shape index (κ1) is 28.5. The zero-order chi connectivity index (χ0) is 27.2. The third-order valence-electron chi connectivity index (χ3n) is 8.30. The number of methoxy groups -OCH3 is 1. The summed E-state index contributed by atoms with van der Waals surface area (Å²) in [5.74, 6) is 1.09. The predicted octanol–water partition coefficient (Wildman–Crippen LogP) is 5.28. The number of carbonyl (C=O) groups is 1. The van der Waals surface area contributed by atoms with Gasteiger partial charge in [0.25, 0.3) is 0 Å². The summed E-state index contributed by atoms with van der Waals surface area (Å²) in [6, 6.07) is 8.96. The zero-order valence-electron chi connectivity index (χ0n) is 22.6. The van der Waals surface area contributed by atoms with Gasteiger partial charge in [-0.25, -0.2) is 9.37 Å². The number of unbranched alkanes of at least 4 members (excludes halogenated alkanes) is 1. The molecule has 2 saturated heterocycles. The Morgan fingerprint density at radius 1 is 1.18 bits per heavy atom. The lowest BCUT2D eigenvalue weighted by Gasteiger charge is -2.37. The SMILES string of the molecule is COC(=O)C(Br)c1cc(F)ccc1C1CCC(C2CNc3nc(CCCCO[C@@H]4CCNC4)ccc3C2)CO1. The number of carbonyl (C=O) groups excluding carboxylic acids is 1. The average Bonchev–Trinajstić information content (AvgIpc) is 3.49. The molecule has 4 heterocycles. The van der Waals surface area contributed by atoms with Crippen LogP contribution in [0.2, 0.25) is 0 Å². The van der Waals surface area contributed by atoms with E-state index >= 15 is 0 Å². The van der Waals surface area contributed by atoms with Crippen molar-refractivity contribution in [2.75, 3.05) is 45.3 Å². The van der Waals surface area contributed by atoms with Gasteiger partial charge in [0.15, 0.2) is 0 Å².